The van der Waals surface area contributed by atoms with Crippen molar-refractivity contribution in [1.82, 2.24) is 5.06 Å². The number of hydroxylamine groups is 2. The lowest BCUT2D eigenvalue weighted by Gasteiger charge is -2.32. The lowest BCUT2D eigenvalue weighted by Crippen LogP contribution is -2.40. The number of anilines is 2. The van der Waals surface area contributed by atoms with E-state index in [1.807, 2.05) is 44.0 Å². The first-order chi connectivity index (χ1) is 22.5. The number of imide groups is 1. The third-order valence-corrected chi connectivity index (χ3v) is 10.6. The van der Waals surface area contributed by atoms with E-state index in [1.165, 1.54) is 22.9 Å². The van der Waals surface area contributed by atoms with Crippen LogP contribution in [-0.2, 0) is 40.2 Å². The third-order valence-electron chi connectivity index (χ3n) is 9.78. The fraction of sp³-hybridized carbons (Fsp3) is 0.432. The summed E-state index contributed by atoms with van der Waals surface area (Å²) in [6, 6.07) is 11.4. The SMILES string of the molecule is Cc1ccc2c(c1)C(C)(C)C(/C=C/C=C/C=C1/N(C)c3ccc(S(=O)(=O)O)cc3C1(C)C)N2CCCCCC(=O)ON1C(=O)CCC1=O. The number of carbonyl (C=O) groups is 3. The maximum absolute atomic E-state index is 12.2. The Morgan fingerprint density at radius 3 is 2.31 bits per heavy atom. The van der Waals surface area contributed by atoms with Gasteiger partial charge in [-0.25, -0.2) is 4.79 Å². The lowest BCUT2D eigenvalue weighted by atomic mass is 9.80. The van der Waals surface area contributed by atoms with E-state index in [-0.39, 0.29) is 35.6 Å². The molecule has 3 aliphatic rings. The second-order valence-corrected chi connectivity index (χ2v) is 15.3. The van der Waals surface area contributed by atoms with Gasteiger partial charge in [-0.2, -0.15) is 8.42 Å². The van der Waals surface area contributed by atoms with E-state index in [1.54, 1.807) is 12.1 Å². The minimum atomic E-state index is -4.30. The van der Waals surface area contributed by atoms with Gasteiger partial charge in [0.25, 0.3) is 21.9 Å². The molecule has 3 heterocycles. The van der Waals surface area contributed by atoms with Gasteiger partial charge in [-0.05, 0) is 61.2 Å². The van der Waals surface area contributed by atoms with Gasteiger partial charge in [0.15, 0.2) is 0 Å². The Hall–Kier alpha value is -4.22. The van der Waals surface area contributed by atoms with Crippen molar-refractivity contribution < 1.29 is 32.2 Å². The molecule has 2 aromatic rings. The summed E-state index contributed by atoms with van der Waals surface area (Å²) >= 11 is 0. The molecule has 5 rings (SSSR count). The van der Waals surface area contributed by atoms with E-state index in [0.29, 0.717) is 11.5 Å². The number of rotatable bonds is 11. The normalized spacial score (nSPS) is 20.9. The van der Waals surface area contributed by atoms with Crippen LogP contribution in [0.15, 0.2) is 77.4 Å². The molecule has 48 heavy (non-hydrogen) atoms. The van der Waals surface area contributed by atoms with Gasteiger partial charge in [0.2, 0.25) is 0 Å². The zero-order valence-corrected chi connectivity index (χ0v) is 29.3. The van der Waals surface area contributed by atoms with Crippen LogP contribution < -0.4 is 9.80 Å². The number of hydrogen-bond donors (Lipinski definition) is 1. The molecule has 10 nitrogen and oxygen atoms in total. The summed E-state index contributed by atoms with van der Waals surface area (Å²) in [6.07, 6.45) is 12.9. The average molecular weight is 676 g/mol. The number of unbranched alkanes of at least 4 members (excludes halogenated alkanes) is 2. The Labute approximate surface area is 283 Å². The third kappa shape index (κ3) is 6.84. The quantitative estimate of drug-likeness (QED) is 0.126. The standard InChI is InChI=1S/C37H45N3O7S/c1-25-16-18-30-27(23-25)37(4,5)32(39(30)22-12-8-11-15-35(43)47-40-33(41)20-21-34(40)42)14-10-7-9-13-31-36(2,3)28-24-26(48(44,45)46)17-19-29(28)38(31)6/h7,9-10,13-14,16-19,23-24,32H,8,11-12,15,20-22H2,1-6H3,(H,44,45,46)/b9-7+,14-10+,31-13+. The van der Waals surface area contributed by atoms with Gasteiger partial charge in [-0.1, -0.05) is 76.1 Å². The molecule has 1 atom stereocenters. The topological polar surface area (TPSA) is 125 Å². The van der Waals surface area contributed by atoms with Crippen molar-refractivity contribution >= 4 is 39.3 Å². The van der Waals surface area contributed by atoms with Crippen LogP contribution in [0.4, 0.5) is 11.4 Å². The number of benzene rings is 2. The fourth-order valence-corrected chi connectivity index (χ4v) is 7.62. The second-order valence-electron chi connectivity index (χ2n) is 13.9. The predicted molar refractivity (Wildman–Crippen MR) is 185 cm³/mol. The molecule has 0 aromatic heterocycles. The van der Waals surface area contributed by atoms with Crippen LogP contribution in [0.25, 0.3) is 0 Å². The molecule has 1 unspecified atom stereocenters. The van der Waals surface area contributed by atoms with E-state index >= 15 is 0 Å². The minimum Gasteiger partial charge on any atom is -0.364 e. The maximum Gasteiger partial charge on any atom is 0.333 e. The van der Waals surface area contributed by atoms with Gasteiger partial charge in [0.1, 0.15) is 0 Å². The highest BCUT2D eigenvalue weighted by Crippen LogP contribution is 2.48. The van der Waals surface area contributed by atoms with Crippen LogP contribution in [0.3, 0.4) is 0 Å². The summed E-state index contributed by atoms with van der Waals surface area (Å²) in [5.74, 6) is -1.51. The van der Waals surface area contributed by atoms with Crippen molar-refractivity contribution in [2.24, 2.45) is 0 Å². The summed E-state index contributed by atoms with van der Waals surface area (Å²) in [4.78, 5) is 45.0. The predicted octanol–water partition coefficient (Wildman–Crippen LogP) is 6.30. The van der Waals surface area contributed by atoms with Gasteiger partial charge in [0.05, 0.1) is 10.9 Å². The first kappa shape index (κ1) is 35.1. The Bertz CT molecular complexity index is 1810. The van der Waals surface area contributed by atoms with Crippen molar-refractivity contribution in [2.45, 2.75) is 94.9 Å². The van der Waals surface area contributed by atoms with Crippen LogP contribution in [0, 0.1) is 6.92 Å². The molecular weight excluding hydrogens is 630 g/mol. The second kappa shape index (κ2) is 13.4. The first-order valence-electron chi connectivity index (χ1n) is 16.4. The highest BCUT2D eigenvalue weighted by atomic mass is 32.2. The number of allylic oxidation sites excluding steroid dienone is 5. The molecule has 0 aliphatic carbocycles. The number of hydrogen-bond acceptors (Lipinski definition) is 8. The lowest BCUT2D eigenvalue weighted by molar-refractivity contribution is -0.197. The van der Waals surface area contributed by atoms with Crippen molar-refractivity contribution in [2.75, 3.05) is 23.4 Å². The molecule has 1 N–H and O–H groups in total. The van der Waals surface area contributed by atoms with Gasteiger partial charge in [0, 0.05) is 60.8 Å². The first-order valence-corrected chi connectivity index (χ1v) is 17.8. The van der Waals surface area contributed by atoms with Gasteiger partial charge in [-0.3, -0.25) is 14.1 Å². The smallest absolute Gasteiger partial charge is 0.333 e. The molecule has 0 bridgehead atoms. The molecule has 2 amide bonds. The zero-order valence-electron chi connectivity index (χ0n) is 28.5. The number of carbonyl (C=O) groups excluding carboxylic acids is 3. The largest absolute Gasteiger partial charge is 0.364 e. The summed E-state index contributed by atoms with van der Waals surface area (Å²) in [5.41, 5.74) is 5.82. The van der Waals surface area contributed by atoms with Crippen LogP contribution in [-0.4, -0.2) is 55.5 Å². The molecule has 256 valence electrons. The maximum atomic E-state index is 12.2. The van der Waals surface area contributed by atoms with Crippen molar-refractivity contribution in [1.29, 1.82) is 0 Å². The van der Waals surface area contributed by atoms with Crippen molar-refractivity contribution in [3.05, 3.63) is 89.2 Å². The van der Waals surface area contributed by atoms with Crippen LogP contribution in [0.2, 0.25) is 0 Å². The summed E-state index contributed by atoms with van der Waals surface area (Å²) < 4.78 is 33.1. The van der Waals surface area contributed by atoms with E-state index in [4.69, 9.17) is 4.84 Å². The highest BCUT2D eigenvalue weighted by molar-refractivity contribution is 7.85. The number of fused-ring (bicyclic) bond motifs is 2. The van der Waals surface area contributed by atoms with Crippen LogP contribution in [0.1, 0.15) is 82.9 Å². The van der Waals surface area contributed by atoms with E-state index in [9.17, 15) is 27.4 Å². The molecule has 1 saturated heterocycles. The average Bonchev–Trinajstić information content (AvgIpc) is 3.51. The fourth-order valence-electron chi connectivity index (χ4n) is 7.11. The van der Waals surface area contributed by atoms with Gasteiger partial charge >= 0.3 is 5.97 Å². The van der Waals surface area contributed by atoms with Gasteiger partial charge in [-0.15, -0.1) is 5.06 Å². The van der Waals surface area contributed by atoms with E-state index in [0.717, 1.165) is 36.3 Å². The molecular formula is C37H45N3O7S. The van der Waals surface area contributed by atoms with E-state index in [2.05, 4.69) is 56.0 Å². The number of nitrogens with zero attached hydrogens (tertiary/aromatic N) is 3. The Morgan fingerprint density at radius 2 is 1.62 bits per heavy atom. The monoisotopic (exact) mass is 675 g/mol. The summed E-state index contributed by atoms with van der Waals surface area (Å²) in [6.45, 7) is 11.5. The van der Waals surface area contributed by atoms with Gasteiger partial charge < -0.3 is 14.6 Å². The highest BCUT2D eigenvalue weighted by Gasteiger charge is 2.43. The number of likely N-dealkylation sites (N-methyl/N-ethyl adjacent to an activating group) is 1. The molecule has 0 radical (unpaired) electrons. The van der Waals surface area contributed by atoms with Crippen molar-refractivity contribution in [3.8, 4) is 0 Å². The molecule has 2 aromatic carbocycles. The van der Waals surface area contributed by atoms with E-state index < -0.39 is 33.3 Å². The molecule has 3 aliphatic heterocycles. The van der Waals surface area contributed by atoms with Crippen molar-refractivity contribution in [3.63, 3.8) is 0 Å². The number of aryl methyl sites for hydroxylation is 1. The minimum absolute atomic E-state index is 0.0788. The molecule has 0 saturated carbocycles. The zero-order chi connectivity index (χ0) is 35.0. The number of amides is 2. The summed E-state index contributed by atoms with van der Waals surface area (Å²) in [7, 11) is -2.35. The molecule has 1 fully saturated rings. The molecule has 0 spiro atoms. The summed E-state index contributed by atoms with van der Waals surface area (Å²) in [5, 5.41) is 0.601. The Morgan fingerprint density at radius 1 is 0.938 bits per heavy atom. The van der Waals surface area contributed by atoms with Crippen LogP contribution in [0.5, 0.6) is 0 Å². The Kier molecular flexibility index (Phi) is 9.76. The molecule has 11 heteroatoms. The Balaban J connectivity index is 1.25. The van der Waals surface area contributed by atoms with Crippen LogP contribution >= 0.6 is 0 Å².